The van der Waals surface area contributed by atoms with Crippen LogP contribution in [-0.4, -0.2) is 6.54 Å². The van der Waals surface area contributed by atoms with E-state index in [4.69, 9.17) is 9.15 Å². The van der Waals surface area contributed by atoms with Crippen molar-refractivity contribution in [1.29, 1.82) is 0 Å². The van der Waals surface area contributed by atoms with Crippen molar-refractivity contribution in [3.05, 3.63) is 84.1 Å². The van der Waals surface area contributed by atoms with Crippen LogP contribution < -0.4 is 14.2 Å². The topological polar surface area (TPSA) is 29.5 Å². The van der Waals surface area contributed by atoms with Crippen LogP contribution in [0.15, 0.2) is 82.6 Å². The van der Waals surface area contributed by atoms with Crippen molar-refractivity contribution in [3.63, 3.8) is 0 Å². The van der Waals surface area contributed by atoms with Crippen LogP contribution >= 0.6 is 0 Å². The molecule has 0 radical (unpaired) electrons. The molecule has 3 aromatic rings. The number of para-hydroxylation sites is 4. The highest BCUT2D eigenvalue weighted by Gasteiger charge is 2.23. The molecule has 1 aliphatic heterocycles. The molecule has 0 saturated heterocycles. The average molecular weight is 388 g/mol. The van der Waals surface area contributed by atoms with Crippen LogP contribution in [0.25, 0.3) is 17.2 Å². The van der Waals surface area contributed by atoms with Gasteiger partial charge in [0.25, 0.3) is 5.52 Å². The van der Waals surface area contributed by atoms with Gasteiger partial charge < -0.3 is 14.1 Å². The molecule has 0 unspecified atom stereocenters. The van der Waals surface area contributed by atoms with Gasteiger partial charge in [-0.15, -0.1) is 0 Å². The van der Waals surface area contributed by atoms with E-state index in [0.717, 1.165) is 53.8 Å². The fraction of sp³-hybridized carbons (Fsp3) is 0.240. The van der Waals surface area contributed by atoms with Crippen molar-refractivity contribution in [1.82, 2.24) is 0 Å². The third-order valence-electron chi connectivity index (χ3n) is 5.19. The van der Waals surface area contributed by atoms with E-state index in [2.05, 4.69) is 66.7 Å². The zero-order valence-corrected chi connectivity index (χ0v) is 17.3. The van der Waals surface area contributed by atoms with E-state index in [1.54, 1.807) is 0 Å². The zero-order chi connectivity index (χ0) is 20.2. The molecule has 0 bridgehead atoms. The van der Waals surface area contributed by atoms with E-state index in [1.165, 1.54) is 5.57 Å². The minimum Gasteiger partial charge on any atom is -0.439 e. The molecule has 29 heavy (non-hydrogen) atoms. The Morgan fingerprint density at radius 2 is 1.83 bits per heavy atom. The van der Waals surface area contributed by atoms with E-state index >= 15 is 0 Å². The van der Waals surface area contributed by atoms with Crippen LogP contribution in [0.3, 0.4) is 0 Å². The standard InChI is InChI=1S/C25H27N2O2/c1-4-19(15-17-24-26(5-2)20-11-7-9-13-22(20)28-24)16-18-25-27(6-3)21-12-8-10-14-23(21)29-25/h7-18H,4-6H2,1-3H3/q+1. The Bertz CT molecular complexity index is 1100. The first-order valence-electron chi connectivity index (χ1n) is 10.3. The number of hydrogen-bond donors (Lipinski definition) is 0. The second-order valence-electron chi connectivity index (χ2n) is 6.90. The Morgan fingerprint density at radius 3 is 2.62 bits per heavy atom. The molecule has 0 fully saturated rings. The summed E-state index contributed by atoms with van der Waals surface area (Å²) >= 11 is 0. The Kier molecular flexibility index (Phi) is 5.52. The molecule has 4 nitrogen and oxygen atoms in total. The van der Waals surface area contributed by atoms with Crippen molar-refractivity contribution >= 4 is 22.9 Å². The third kappa shape index (κ3) is 3.70. The second kappa shape index (κ2) is 8.39. The van der Waals surface area contributed by atoms with Gasteiger partial charge in [-0.25, -0.2) is 0 Å². The van der Waals surface area contributed by atoms with Gasteiger partial charge in [0.1, 0.15) is 6.54 Å². The maximum absolute atomic E-state index is 6.04. The molecule has 0 amide bonds. The first-order chi connectivity index (χ1) is 14.2. The van der Waals surface area contributed by atoms with Crippen molar-refractivity contribution in [2.24, 2.45) is 0 Å². The lowest BCUT2D eigenvalue weighted by molar-refractivity contribution is -0.674. The maximum atomic E-state index is 6.04. The SMILES string of the molecule is CCC(/C=C/c1oc2ccccc2[n+]1CC)=C\C=C1\Oc2ccccc2N1CC. The molecule has 148 valence electrons. The monoisotopic (exact) mass is 387 g/mol. The first kappa shape index (κ1) is 19.1. The fourth-order valence-electron chi connectivity index (χ4n) is 3.65. The third-order valence-corrected chi connectivity index (χ3v) is 5.19. The lowest BCUT2D eigenvalue weighted by Crippen LogP contribution is -2.33. The van der Waals surface area contributed by atoms with Gasteiger partial charge >= 0.3 is 5.89 Å². The molecule has 4 heteroatoms. The van der Waals surface area contributed by atoms with Crippen LogP contribution in [0, 0.1) is 0 Å². The van der Waals surface area contributed by atoms with Gasteiger partial charge in [-0.2, -0.15) is 4.57 Å². The number of aromatic nitrogens is 1. The Balaban J connectivity index is 1.60. The molecule has 2 aromatic carbocycles. The minimum absolute atomic E-state index is 0.861. The predicted octanol–water partition coefficient (Wildman–Crippen LogP) is 5.85. The number of hydrogen-bond acceptors (Lipinski definition) is 3. The summed E-state index contributed by atoms with van der Waals surface area (Å²) in [7, 11) is 0. The van der Waals surface area contributed by atoms with E-state index in [9.17, 15) is 0 Å². The molecular formula is C25H27N2O2+. The van der Waals surface area contributed by atoms with E-state index < -0.39 is 0 Å². The Labute approximate surface area is 172 Å². The summed E-state index contributed by atoms with van der Waals surface area (Å²) in [6.07, 6.45) is 9.28. The van der Waals surface area contributed by atoms with Crippen molar-refractivity contribution in [2.75, 3.05) is 11.4 Å². The highest BCUT2D eigenvalue weighted by Crippen LogP contribution is 2.38. The highest BCUT2D eigenvalue weighted by atomic mass is 16.5. The van der Waals surface area contributed by atoms with Crippen molar-refractivity contribution in [3.8, 4) is 5.75 Å². The quantitative estimate of drug-likeness (QED) is 0.392. The molecule has 0 atom stereocenters. The number of benzene rings is 2. The first-order valence-corrected chi connectivity index (χ1v) is 10.3. The van der Waals surface area contributed by atoms with Crippen molar-refractivity contribution < 1.29 is 13.7 Å². The zero-order valence-electron chi connectivity index (χ0n) is 17.3. The summed E-state index contributed by atoms with van der Waals surface area (Å²) in [5.41, 5.74) is 4.36. The van der Waals surface area contributed by atoms with E-state index in [-0.39, 0.29) is 0 Å². The van der Waals surface area contributed by atoms with Gasteiger partial charge in [0.2, 0.25) is 11.5 Å². The van der Waals surface area contributed by atoms with Crippen molar-refractivity contribution in [2.45, 2.75) is 33.7 Å². The fourth-order valence-corrected chi connectivity index (χ4v) is 3.65. The number of rotatable bonds is 6. The smallest absolute Gasteiger partial charge is 0.374 e. The molecule has 0 spiro atoms. The number of ether oxygens (including phenoxy) is 1. The minimum atomic E-state index is 0.861. The molecule has 0 saturated carbocycles. The molecule has 0 aliphatic carbocycles. The van der Waals surface area contributed by atoms with Crippen LogP contribution in [0.5, 0.6) is 5.75 Å². The van der Waals surface area contributed by atoms with Gasteiger partial charge in [-0.1, -0.05) is 37.3 Å². The van der Waals surface area contributed by atoms with Crippen LogP contribution in [0.2, 0.25) is 0 Å². The van der Waals surface area contributed by atoms with Crippen LogP contribution in [0.4, 0.5) is 5.69 Å². The summed E-state index contributed by atoms with van der Waals surface area (Å²) in [5, 5.41) is 0. The molecule has 1 aliphatic rings. The summed E-state index contributed by atoms with van der Waals surface area (Å²) in [4.78, 5) is 2.19. The van der Waals surface area contributed by atoms with Crippen LogP contribution in [0.1, 0.15) is 33.1 Å². The van der Waals surface area contributed by atoms with Gasteiger partial charge in [-0.05, 0) is 56.2 Å². The van der Waals surface area contributed by atoms with Gasteiger partial charge in [0.15, 0.2) is 5.75 Å². The predicted molar refractivity (Wildman–Crippen MR) is 118 cm³/mol. The molecule has 0 N–H and O–H groups in total. The average Bonchev–Trinajstić information content (AvgIpc) is 3.30. The molecule has 4 rings (SSSR count). The second-order valence-corrected chi connectivity index (χ2v) is 6.90. The summed E-state index contributed by atoms with van der Waals surface area (Å²) < 4.78 is 14.3. The molecule has 2 heterocycles. The summed E-state index contributed by atoms with van der Waals surface area (Å²) in [6, 6.07) is 16.3. The highest BCUT2D eigenvalue weighted by molar-refractivity contribution is 5.69. The number of nitrogens with zero attached hydrogens (tertiary/aromatic N) is 2. The van der Waals surface area contributed by atoms with E-state index in [0.29, 0.717) is 0 Å². The number of aryl methyl sites for hydroxylation is 1. The summed E-state index contributed by atoms with van der Waals surface area (Å²) in [6.45, 7) is 8.15. The lowest BCUT2D eigenvalue weighted by atomic mass is 10.1. The largest absolute Gasteiger partial charge is 0.439 e. The van der Waals surface area contributed by atoms with Gasteiger partial charge in [-0.3, -0.25) is 0 Å². The van der Waals surface area contributed by atoms with Gasteiger partial charge in [0, 0.05) is 12.6 Å². The van der Waals surface area contributed by atoms with Gasteiger partial charge in [0.05, 0.1) is 11.8 Å². The lowest BCUT2D eigenvalue weighted by Gasteiger charge is -2.14. The Morgan fingerprint density at radius 1 is 1.03 bits per heavy atom. The number of allylic oxidation sites excluding steroid dienone is 4. The number of anilines is 1. The molecule has 1 aromatic heterocycles. The van der Waals surface area contributed by atoms with Crippen LogP contribution in [-0.2, 0) is 6.54 Å². The maximum Gasteiger partial charge on any atom is 0.374 e. The Hall–Kier alpha value is -3.27. The van der Waals surface area contributed by atoms with E-state index in [1.807, 2.05) is 36.4 Å². The number of fused-ring (bicyclic) bond motifs is 2. The summed E-state index contributed by atoms with van der Waals surface area (Å²) in [5.74, 6) is 2.63. The normalized spacial score (nSPS) is 15.5. The number of oxazole rings is 1. The molecular weight excluding hydrogens is 360 g/mol.